The maximum absolute atomic E-state index is 12.5. The molecule has 0 saturated heterocycles. The average molecular weight is 354 g/mol. The lowest BCUT2D eigenvalue weighted by Gasteiger charge is -2.13. The molecule has 0 aliphatic carbocycles. The van der Waals surface area contributed by atoms with E-state index in [9.17, 15) is 16.8 Å². The largest absolute Gasteiger partial charge is 0.279 e. The first-order valence-electron chi connectivity index (χ1n) is 6.80. The molecule has 124 valence electrons. The van der Waals surface area contributed by atoms with E-state index in [4.69, 9.17) is 0 Å². The molecule has 0 heterocycles. The summed E-state index contributed by atoms with van der Waals surface area (Å²) in [7, 11) is -6.33. The topological polar surface area (TPSA) is 92.3 Å². The van der Waals surface area contributed by atoms with Crippen LogP contribution in [-0.2, 0) is 20.0 Å². The van der Waals surface area contributed by atoms with E-state index in [1.807, 2.05) is 6.07 Å². The van der Waals surface area contributed by atoms with Gasteiger partial charge in [-0.15, -0.1) is 0 Å². The van der Waals surface area contributed by atoms with Gasteiger partial charge in [-0.3, -0.25) is 4.72 Å². The summed E-state index contributed by atoms with van der Waals surface area (Å²) in [5.41, 5.74) is 2.06. The highest BCUT2D eigenvalue weighted by Gasteiger charge is 2.19. The predicted molar refractivity (Wildman–Crippen MR) is 89.4 cm³/mol. The van der Waals surface area contributed by atoms with E-state index in [-0.39, 0.29) is 9.79 Å². The Hall–Kier alpha value is -1.90. The van der Waals surface area contributed by atoms with Gasteiger partial charge in [0.1, 0.15) is 0 Å². The molecule has 0 spiro atoms. The average Bonchev–Trinajstić information content (AvgIpc) is 2.51. The summed E-state index contributed by atoms with van der Waals surface area (Å²) in [6, 6.07) is 10.6. The fourth-order valence-electron chi connectivity index (χ4n) is 2.10. The maximum Gasteiger partial charge on any atom is 0.261 e. The Morgan fingerprint density at radius 2 is 1.26 bits per heavy atom. The summed E-state index contributed by atoms with van der Waals surface area (Å²) >= 11 is 0. The molecular weight excluding hydrogens is 336 g/mol. The van der Waals surface area contributed by atoms with E-state index in [1.165, 1.54) is 25.2 Å². The third-order valence-electron chi connectivity index (χ3n) is 3.41. The molecule has 0 aromatic heterocycles. The van der Waals surface area contributed by atoms with Crippen LogP contribution in [0.15, 0.2) is 52.3 Å². The van der Waals surface area contributed by atoms with Crippen LogP contribution in [0.2, 0.25) is 0 Å². The smallest absolute Gasteiger partial charge is 0.261 e. The molecule has 0 atom stereocenters. The van der Waals surface area contributed by atoms with E-state index in [0.29, 0.717) is 5.69 Å². The quantitative estimate of drug-likeness (QED) is 0.859. The summed E-state index contributed by atoms with van der Waals surface area (Å²) in [6.45, 7) is 3.60. The van der Waals surface area contributed by atoms with Crippen LogP contribution in [-0.4, -0.2) is 23.9 Å². The predicted octanol–water partition coefficient (Wildman–Crippen LogP) is 2.01. The zero-order chi connectivity index (χ0) is 17.3. The van der Waals surface area contributed by atoms with Gasteiger partial charge in [0.2, 0.25) is 10.0 Å². The van der Waals surface area contributed by atoms with Gasteiger partial charge < -0.3 is 0 Å². The molecular formula is C15H18N2O4S2. The van der Waals surface area contributed by atoms with Gasteiger partial charge in [-0.1, -0.05) is 24.3 Å². The third kappa shape index (κ3) is 3.72. The van der Waals surface area contributed by atoms with Crippen LogP contribution >= 0.6 is 0 Å². The highest BCUT2D eigenvalue weighted by atomic mass is 32.2. The number of hydrogen-bond acceptors (Lipinski definition) is 4. The van der Waals surface area contributed by atoms with Crippen molar-refractivity contribution in [2.45, 2.75) is 23.6 Å². The first kappa shape index (κ1) is 17.5. The van der Waals surface area contributed by atoms with E-state index >= 15 is 0 Å². The SMILES string of the molecule is CNS(=O)(=O)c1cccc(S(=O)(=O)Nc2c(C)cccc2C)c1. The van der Waals surface area contributed by atoms with Crippen LogP contribution in [0.5, 0.6) is 0 Å². The second-order valence-electron chi connectivity index (χ2n) is 5.05. The number of rotatable bonds is 5. The van der Waals surface area contributed by atoms with Crippen molar-refractivity contribution in [1.82, 2.24) is 4.72 Å². The lowest BCUT2D eigenvalue weighted by Crippen LogP contribution is -2.20. The number of sulfonamides is 2. The van der Waals surface area contributed by atoms with Crippen LogP contribution in [0, 0.1) is 13.8 Å². The van der Waals surface area contributed by atoms with E-state index < -0.39 is 20.0 Å². The van der Waals surface area contributed by atoms with E-state index in [0.717, 1.165) is 17.2 Å². The Morgan fingerprint density at radius 1 is 0.783 bits per heavy atom. The molecule has 2 rings (SSSR count). The molecule has 0 fully saturated rings. The van der Waals surface area contributed by atoms with Crippen LogP contribution < -0.4 is 9.44 Å². The van der Waals surface area contributed by atoms with Gasteiger partial charge in [0, 0.05) is 0 Å². The zero-order valence-electron chi connectivity index (χ0n) is 13.0. The molecule has 8 heteroatoms. The van der Waals surface area contributed by atoms with Crippen LogP contribution in [0.25, 0.3) is 0 Å². The molecule has 0 amide bonds. The summed E-state index contributed by atoms with van der Waals surface area (Å²) in [5.74, 6) is 0. The molecule has 0 saturated carbocycles. The summed E-state index contributed by atoms with van der Waals surface area (Å²) < 4.78 is 53.4. The van der Waals surface area contributed by atoms with Gasteiger partial charge in [-0.2, -0.15) is 0 Å². The fourth-order valence-corrected chi connectivity index (χ4v) is 4.19. The van der Waals surface area contributed by atoms with E-state index in [2.05, 4.69) is 9.44 Å². The Bertz CT molecular complexity index is 915. The van der Waals surface area contributed by atoms with Gasteiger partial charge in [0.05, 0.1) is 15.5 Å². The Kier molecular flexibility index (Phi) is 4.79. The Labute approximate surface area is 136 Å². The number of aryl methyl sites for hydroxylation is 2. The van der Waals surface area contributed by atoms with E-state index in [1.54, 1.807) is 26.0 Å². The van der Waals surface area contributed by atoms with Crippen molar-refractivity contribution in [3.05, 3.63) is 53.6 Å². The number of anilines is 1. The van der Waals surface area contributed by atoms with Crippen LogP contribution in [0.3, 0.4) is 0 Å². The van der Waals surface area contributed by atoms with Crippen molar-refractivity contribution in [3.8, 4) is 0 Å². The summed E-state index contributed by atoms with van der Waals surface area (Å²) in [5, 5.41) is 0. The number of hydrogen-bond donors (Lipinski definition) is 2. The van der Waals surface area contributed by atoms with Crippen molar-refractivity contribution in [3.63, 3.8) is 0 Å². The van der Waals surface area contributed by atoms with Gasteiger partial charge in [0.25, 0.3) is 10.0 Å². The van der Waals surface area contributed by atoms with Gasteiger partial charge in [0.15, 0.2) is 0 Å². The second-order valence-corrected chi connectivity index (χ2v) is 8.62. The molecule has 2 aromatic carbocycles. The maximum atomic E-state index is 12.5. The van der Waals surface area contributed by atoms with Gasteiger partial charge in [-0.25, -0.2) is 21.6 Å². The van der Waals surface area contributed by atoms with Crippen molar-refractivity contribution < 1.29 is 16.8 Å². The number of para-hydroxylation sites is 1. The lowest BCUT2D eigenvalue weighted by molar-refractivity contribution is 0.588. The van der Waals surface area contributed by atoms with Crippen molar-refractivity contribution in [2.75, 3.05) is 11.8 Å². The lowest BCUT2D eigenvalue weighted by atomic mass is 10.1. The van der Waals surface area contributed by atoms with Crippen molar-refractivity contribution in [1.29, 1.82) is 0 Å². The standard InChI is InChI=1S/C15H18N2O4S2/c1-11-6-4-7-12(2)15(11)17-23(20,21)14-9-5-8-13(10-14)22(18,19)16-3/h4-10,16-17H,1-3H3. The molecule has 0 bridgehead atoms. The molecule has 0 aliphatic heterocycles. The van der Waals surface area contributed by atoms with Gasteiger partial charge in [-0.05, 0) is 50.2 Å². The minimum atomic E-state index is -3.89. The molecule has 23 heavy (non-hydrogen) atoms. The number of nitrogens with one attached hydrogen (secondary N) is 2. The fraction of sp³-hybridized carbons (Fsp3) is 0.200. The zero-order valence-corrected chi connectivity index (χ0v) is 14.6. The third-order valence-corrected chi connectivity index (χ3v) is 6.17. The van der Waals surface area contributed by atoms with Gasteiger partial charge >= 0.3 is 0 Å². The summed E-state index contributed by atoms with van der Waals surface area (Å²) in [6.07, 6.45) is 0. The summed E-state index contributed by atoms with van der Waals surface area (Å²) in [4.78, 5) is -0.221. The first-order chi connectivity index (χ1) is 10.7. The minimum Gasteiger partial charge on any atom is -0.279 e. The Balaban J connectivity index is 2.47. The Morgan fingerprint density at radius 3 is 1.78 bits per heavy atom. The molecule has 2 N–H and O–H groups in total. The number of benzene rings is 2. The monoisotopic (exact) mass is 354 g/mol. The highest BCUT2D eigenvalue weighted by molar-refractivity contribution is 7.93. The van der Waals surface area contributed by atoms with Crippen LogP contribution in [0.4, 0.5) is 5.69 Å². The normalized spacial score (nSPS) is 12.1. The molecule has 0 unspecified atom stereocenters. The minimum absolute atomic E-state index is 0.107. The second kappa shape index (κ2) is 6.31. The molecule has 2 aromatic rings. The molecule has 0 aliphatic rings. The molecule has 0 radical (unpaired) electrons. The van der Waals surface area contributed by atoms with Crippen LogP contribution in [0.1, 0.15) is 11.1 Å². The first-order valence-corrected chi connectivity index (χ1v) is 9.76. The van der Waals surface area contributed by atoms with Crippen molar-refractivity contribution in [2.24, 2.45) is 0 Å². The molecule has 6 nitrogen and oxygen atoms in total. The highest BCUT2D eigenvalue weighted by Crippen LogP contribution is 2.24. The van der Waals surface area contributed by atoms with Crippen molar-refractivity contribution >= 4 is 25.7 Å².